The second kappa shape index (κ2) is 5.77. The first-order valence-corrected chi connectivity index (χ1v) is 5.28. The third kappa shape index (κ3) is 3.03. The molecular formula is C10H10ClF2NO3. The SMILES string of the molecule is CCOC(=O)c1cc(O)c(CCl)nc1C(F)F. The maximum atomic E-state index is 12.7. The number of rotatable bonds is 4. The standard InChI is InChI=1S/C10H10ClF2NO3/c1-2-17-10(16)5-3-7(15)6(4-11)14-8(5)9(12)13/h3,9,15H,2,4H2,1H3. The Hall–Kier alpha value is -1.43. The molecule has 94 valence electrons. The number of aromatic nitrogens is 1. The molecule has 4 nitrogen and oxygen atoms in total. The summed E-state index contributed by atoms with van der Waals surface area (Å²) in [5.74, 6) is -1.59. The van der Waals surface area contributed by atoms with Crippen LogP contribution < -0.4 is 0 Å². The summed E-state index contributed by atoms with van der Waals surface area (Å²) in [4.78, 5) is 14.8. The van der Waals surface area contributed by atoms with E-state index in [-0.39, 0.29) is 18.2 Å². The molecule has 0 radical (unpaired) electrons. The number of carbonyl (C=O) groups is 1. The molecule has 0 atom stereocenters. The van der Waals surface area contributed by atoms with Gasteiger partial charge in [0, 0.05) is 0 Å². The Bertz CT molecular complexity index is 426. The first-order chi connectivity index (χ1) is 8.01. The second-order valence-electron chi connectivity index (χ2n) is 3.04. The van der Waals surface area contributed by atoms with E-state index in [1.54, 1.807) is 6.92 Å². The van der Waals surface area contributed by atoms with Crippen molar-refractivity contribution in [2.24, 2.45) is 0 Å². The molecule has 1 aromatic heterocycles. The molecule has 1 heterocycles. The number of nitrogens with zero attached hydrogens (tertiary/aromatic N) is 1. The molecule has 0 saturated carbocycles. The topological polar surface area (TPSA) is 59.4 Å². The summed E-state index contributed by atoms with van der Waals surface area (Å²) in [6.07, 6.45) is -2.95. The lowest BCUT2D eigenvalue weighted by atomic mass is 10.1. The Morgan fingerprint density at radius 2 is 2.29 bits per heavy atom. The maximum absolute atomic E-state index is 12.7. The molecule has 0 unspecified atom stereocenters. The summed E-state index contributed by atoms with van der Waals surface area (Å²) >= 11 is 5.42. The number of ether oxygens (including phenoxy) is 1. The molecule has 0 spiro atoms. The average Bonchev–Trinajstić information content (AvgIpc) is 2.28. The average molecular weight is 266 g/mol. The number of aromatic hydroxyl groups is 1. The summed E-state index contributed by atoms with van der Waals surface area (Å²) < 4.78 is 30.0. The van der Waals surface area contributed by atoms with Crippen molar-refractivity contribution in [3.8, 4) is 5.75 Å². The molecule has 1 N–H and O–H groups in total. The lowest BCUT2D eigenvalue weighted by Gasteiger charge is -2.10. The fourth-order valence-corrected chi connectivity index (χ4v) is 1.39. The molecule has 7 heteroatoms. The van der Waals surface area contributed by atoms with Crippen molar-refractivity contribution in [3.63, 3.8) is 0 Å². The van der Waals surface area contributed by atoms with E-state index < -0.39 is 29.4 Å². The monoisotopic (exact) mass is 265 g/mol. The van der Waals surface area contributed by atoms with Crippen LogP contribution >= 0.6 is 11.6 Å². The molecule has 1 rings (SSSR count). The van der Waals surface area contributed by atoms with Crippen LogP contribution in [0.2, 0.25) is 0 Å². The Kier molecular flexibility index (Phi) is 4.62. The number of hydrogen-bond acceptors (Lipinski definition) is 4. The van der Waals surface area contributed by atoms with Gasteiger partial charge < -0.3 is 9.84 Å². The van der Waals surface area contributed by atoms with Gasteiger partial charge in [-0.15, -0.1) is 11.6 Å². The summed E-state index contributed by atoms with van der Waals surface area (Å²) in [6, 6.07) is 0.893. The van der Waals surface area contributed by atoms with Crippen LogP contribution in [0.15, 0.2) is 6.07 Å². The molecule has 0 saturated heterocycles. The van der Waals surface area contributed by atoms with Gasteiger partial charge in [-0.25, -0.2) is 18.6 Å². The predicted molar refractivity (Wildman–Crippen MR) is 56.4 cm³/mol. The van der Waals surface area contributed by atoms with Crippen LogP contribution in [0, 0.1) is 0 Å². The van der Waals surface area contributed by atoms with Crippen molar-refractivity contribution < 1.29 is 23.4 Å². The Morgan fingerprint density at radius 1 is 1.65 bits per heavy atom. The highest BCUT2D eigenvalue weighted by Crippen LogP contribution is 2.27. The van der Waals surface area contributed by atoms with Crippen LogP contribution in [0.1, 0.15) is 35.1 Å². The molecule has 0 amide bonds. The van der Waals surface area contributed by atoms with E-state index in [2.05, 4.69) is 9.72 Å². The normalized spacial score (nSPS) is 10.6. The van der Waals surface area contributed by atoms with Gasteiger partial charge in [-0.2, -0.15) is 0 Å². The van der Waals surface area contributed by atoms with Gasteiger partial charge in [0.2, 0.25) is 0 Å². The number of pyridine rings is 1. The number of esters is 1. The number of alkyl halides is 3. The first kappa shape index (κ1) is 13.6. The second-order valence-corrected chi connectivity index (χ2v) is 3.31. The van der Waals surface area contributed by atoms with Gasteiger partial charge in [-0.05, 0) is 13.0 Å². The van der Waals surface area contributed by atoms with Gasteiger partial charge in [0.05, 0.1) is 23.7 Å². The smallest absolute Gasteiger partial charge is 0.340 e. The third-order valence-electron chi connectivity index (χ3n) is 1.94. The summed E-state index contributed by atoms with van der Waals surface area (Å²) in [5, 5.41) is 9.42. The minimum atomic E-state index is -2.95. The Balaban J connectivity index is 3.27. The molecule has 0 fully saturated rings. The number of carbonyl (C=O) groups excluding carboxylic acids is 1. The number of halogens is 3. The van der Waals surface area contributed by atoms with Gasteiger partial charge in [0.15, 0.2) is 0 Å². The fourth-order valence-electron chi connectivity index (χ4n) is 1.19. The van der Waals surface area contributed by atoms with Crippen LogP contribution in [0.4, 0.5) is 8.78 Å². The molecule has 0 bridgehead atoms. The molecular weight excluding hydrogens is 256 g/mol. The van der Waals surface area contributed by atoms with Crippen LogP contribution in [-0.4, -0.2) is 22.7 Å². The van der Waals surface area contributed by atoms with E-state index in [4.69, 9.17) is 11.6 Å². The van der Waals surface area contributed by atoms with Crippen molar-refractivity contribution in [2.75, 3.05) is 6.61 Å². The Morgan fingerprint density at radius 3 is 2.76 bits per heavy atom. The lowest BCUT2D eigenvalue weighted by molar-refractivity contribution is 0.0512. The van der Waals surface area contributed by atoms with Crippen LogP contribution in [0.3, 0.4) is 0 Å². The van der Waals surface area contributed by atoms with Crippen molar-refractivity contribution in [2.45, 2.75) is 19.2 Å². The van der Waals surface area contributed by atoms with Crippen LogP contribution in [0.25, 0.3) is 0 Å². The van der Waals surface area contributed by atoms with E-state index in [0.29, 0.717) is 0 Å². The highest BCUT2D eigenvalue weighted by Gasteiger charge is 2.23. The van der Waals surface area contributed by atoms with Gasteiger partial charge in [0.25, 0.3) is 6.43 Å². The van der Waals surface area contributed by atoms with E-state index in [9.17, 15) is 18.7 Å². The molecule has 1 aromatic rings. The summed E-state index contributed by atoms with van der Waals surface area (Å²) in [6.45, 7) is 1.58. The van der Waals surface area contributed by atoms with Crippen LogP contribution in [-0.2, 0) is 10.6 Å². The van der Waals surface area contributed by atoms with Gasteiger partial charge in [0.1, 0.15) is 11.4 Å². The zero-order chi connectivity index (χ0) is 13.0. The van der Waals surface area contributed by atoms with E-state index in [1.165, 1.54) is 0 Å². The minimum absolute atomic E-state index is 0.0412. The first-order valence-electron chi connectivity index (χ1n) is 4.75. The summed E-state index contributed by atoms with van der Waals surface area (Å²) in [5.41, 5.74) is -1.29. The third-order valence-corrected chi connectivity index (χ3v) is 2.19. The highest BCUT2D eigenvalue weighted by atomic mass is 35.5. The quantitative estimate of drug-likeness (QED) is 0.672. The molecule has 0 aliphatic heterocycles. The van der Waals surface area contributed by atoms with Gasteiger partial charge >= 0.3 is 5.97 Å². The van der Waals surface area contributed by atoms with Crippen molar-refractivity contribution in [1.29, 1.82) is 0 Å². The van der Waals surface area contributed by atoms with E-state index in [1.807, 2.05) is 0 Å². The maximum Gasteiger partial charge on any atom is 0.340 e. The zero-order valence-electron chi connectivity index (χ0n) is 8.91. The largest absolute Gasteiger partial charge is 0.506 e. The van der Waals surface area contributed by atoms with Gasteiger partial charge in [-0.1, -0.05) is 0 Å². The molecule has 0 aromatic carbocycles. The summed E-state index contributed by atoms with van der Waals surface area (Å²) in [7, 11) is 0. The molecule has 17 heavy (non-hydrogen) atoms. The molecule has 0 aliphatic rings. The zero-order valence-corrected chi connectivity index (χ0v) is 9.67. The van der Waals surface area contributed by atoms with Gasteiger partial charge in [-0.3, -0.25) is 0 Å². The molecule has 0 aliphatic carbocycles. The minimum Gasteiger partial charge on any atom is -0.506 e. The van der Waals surface area contributed by atoms with Crippen molar-refractivity contribution in [3.05, 3.63) is 23.0 Å². The highest BCUT2D eigenvalue weighted by molar-refractivity contribution is 6.17. The van der Waals surface area contributed by atoms with Crippen molar-refractivity contribution >= 4 is 17.6 Å². The Labute approximate surface area is 101 Å². The predicted octanol–water partition coefficient (Wildman–Crippen LogP) is 2.64. The van der Waals surface area contributed by atoms with E-state index in [0.717, 1.165) is 6.07 Å². The van der Waals surface area contributed by atoms with E-state index >= 15 is 0 Å². The van der Waals surface area contributed by atoms with Crippen molar-refractivity contribution in [1.82, 2.24) is 4.98 Å². The lowest BCUT2D eigenvalue weighted by Crippen LogP contribution is -2.11. The number of hydrogen-bond donors (Lipinski definition) is 1. The fraction of sp³-hybridized carbons (Fsp3) is 0.400. The van der Waals surface area contributed by atoms with Crippen LogP contribution in [0.5, 0.6) is 5.75 Å².